The number of hydrogen-bond acceptors (Lipinski definition) is 5. The van der Waals surface area contributed by atoms with Gasteiger partial charge in [0.1, 0.15) is 23.7 Å². The highest BCUT2D eigenvalue weighted by Crippen LogP contribution is 2.47. The lowest BCUT2D eigenvalue weighted by atomic mass is 9.64. The molecule has 0 unspecified atom stereocenters. The normalized spacial score (nSPS) is 17.8. The zero-order valence-corrected chi connectivity index (χ0v) is 17.3. The van der Waals surface area contributed by atoms with E-state index in [9.17, 15) is 18.0 Å². The molecule has 1 saturated carbocycles. The zero-order chi connectivity index (χ0) is 22.5. The van der Waals surface area contributed by atoms with Crippen molar-refractivity contribution in [2.75, 3.05) is 13.2 Å². The van der Waals surface area contributed by atoms with E-state index in [0.29, 0.717) is 28.0 Å². The number of alkyl halides is 3. The minimum absolute atomic E-state index is 0.0691. The van der Waals surface area contributed by atoms with Crippen molar-refractivity contribution in [3.63, 3.8) is 0 Å². The predicted molar refractivity (Wildman–Crippen MR) is 108 cm³/mol. The van der Waals surface area contributed by atoms with E-state index in [-0.39, 0.29) is 29.5 Å². The van der Waals surface area contributed by atoms with Crippen molar-refractivity contribution >= 4 is 16.9 Å². The second-order valence-electron chi connectivity index (χ2n) is 8.56. The van der Waals surface area contributed by atoms with Gasteiger partial charge in [-0.1, -0.05) is 6.07 Å². The lowest BCUT2D eigenvalue weighted by Crippen LogP contribution is -2.59. The Hall–Kier alpha value is -3.07. The van der Waals surface area contributed by atoms with Crippen LogP contribution in [0.25, 0.3) is 11.0 Å². The number of rotatable bonds is 5. The molecule has 1 saturated heterocycles. The van der Waals surface area contributed by atoms with Crippen molar-refractivity contribution in [1.82, 2.24) is 10.3 Å². The first-order valence-corrected chi connectivity index (χ1v) is 10.3. The molecule has 6 nitrogen and oxygen atoms in total. The smallest absolute Gasteiger partial charge is 0.433 e. The summed E-state index contributed by atoms with van der Waals surface area (Å²) in [6, 6.07) is 7.72. The summed E-state index contributed by atoms with van der Waals surface area (Å²) in [6.07, 6.45) is -1.68. The SMILES string of the molecule is Cc1oc2ccc(OCc3cccnc3C(F)(F)F)cc2c1C(=O)NC1CC2(COC2)C1. The monoisotopic (exact) mass is 446 g/mol. The van der Waals surface area contributed by atoms with Crippen molar-refractivity contribution < 1.29 is 31.9 Å². The molecule has 2 aliphatic rings. The summed E-state index contributed by atoms with van der Waals surface area (Å²) in [6.45, 7) is 2.91. The zero-order valence-electron chi connectivity index (χ0n) is 17.3. The van der Waals surface area contributed by atoms with Gasteiger partial charge < -0.3 is 19.2 Å². The van der Waals surface area contributed by atoms with Crippen LogP contribution in [0, 0.1) is 12.3 Å². The summed E-state index contributed by atoms with van der Waals surface area (Å²) in [5, 5.41) is 3.60. The van der Waals surface area contributed by atoms with Gasteiger partial charge in [-0.25, -0.2) is 0 Å². The van der Waals surface area contributed by atoms with Crippen LogP contribution in [0.4, 0.5) is 13.2 Å². The fourth-order valence-corrected chi connectivity index (χ4v) is 4.51. The van der Waals surface area contributed by atoms with Crippen molar-refractivity contribution in [1.29, 1.82) is 0 Å². The van der Waals surface area contributed by atoms with Gasteiger partial charge in [0.15, 0.2) is 5.69 Å². The Morgan fingerprint density at radius 3 is 2.75 bits per heavy atom. The van der Waals surface area contributed by atoms with E-state index >= 15 is 0 Å². The largest absolute Gasteiger partial charge is 0.489 e. The molecule has 3 heterocycles. The Balaban J connectivity index is 1.33. The van der Waals surface area contributed by atoms with Gasteiger partial charge in [-0.15, -0.1) is 0 Å². The fourth-order valence-electron chi connectivity index (χ4n) is 4.51. The van der Waals surface area contributed by atoms with E-state index in [1.165, 1.54) is 12.1 Å². The lowest BCUT2D eigenvalue weighted by molar-refractivity contribution is -0.165. The minimum atomic E-state index is -4.57. The topological polar surface area (TPSA) is 73.6 Å². The number of carbonyl (C=O) groups excluding carboxylic acids is 1. The lowest BCUT2D eigenvalue weighted by Gasteiger charge is -2.53. The highest BCUT2D eigenvalue weighted by molar-refractivity contribution is 6.07. The number of halogens is 3. The summed E-state index contributed by atoms with van der Waals surface area (Å²) >= 11 is 0. The predicted octanol–water partition coefficient (Wildman–Crippen LogP) is 4.64. The Labute approximate surface area is 181 Å². The van der Waals surface area contributed by atoms with Gasteiger partial charge in [0, 0.05) is 28.6 Å². The molecule has 9 heteroatoms. The molecule has 0 atom stereocenters. The van der Waals surface area contributed by atoms with Gasteiger partial charge in [-0.05, 0) is 44.0 Å². The van der Waals surface area contributed by atoms with Gasteiger partial charge in [-0.2, -0.15) is 13.2 Å². The first-order valence-electron chi connectivity index (χ1n) is 10.3. The standard InChI is InChI=1S/C23H21F3N2O4/c1-13-19(21(29)28-15-8-22(9-15)11-30-12-22)17-7-16(4-5-18(17)32-13)31-10-14-3-2-6-27-20(14)23(24,25)26/h2-7,15H,8-12H2,1H3,(H,28,29). The number of carbonyl (C=O) groups is 1. The van der Waals surface area contributed by atoms with Crippen molar-refractivity contribution in [3.05, 3.63) is 59.1 Å². The molecule has 1 aromatic carbocycles. The molecule has 1 amide bonds. The van der Waals surface area contributed by atoms with Crippen LogP contribution in [0.1, 0.15) is 40.2 Å². The van der Waals surface area contributed by atoms with Crippen molar-refractivity contribution in [2.45, 2.75) is 38.6 Å². The first kappa shape index (κ1) is 20.8. The number of pyridine rings is 1. The maximum absolute atomic E-state index is 13.2. The summed E-state index contributed by atoms with van der Waals surface area (Å²) in [7, 11) is 0. The van der Waals surface area contributed by atoms with Gasteiger partial charge in [0.25, 0.3) is 5.91 Å². The van der Waals surface area contributed by atoms with E-state index in [1.807, 2.05) is 0 Å². The molecule has 2 aromatic heterocycles. The molecule has 1 N–H and O–H groups in total. The Morgan fingerprint density at radius 1 is 1.28 bits per heavy atom. The quantitative estimate of drug-likeness (QED) is 0.618. The Bertz CT molecular complexity index is 1180. The minimum Gasteiger partial charge on any atom is -0.489 e. The molecule has 1 aliphatic carbocycles. The number of hydrogen-bond donors (Lipinski definition) is 1. The summed E-state index contributed by atoms with van der Waals surface area (Å²) in [5.41, 5.74) is 0.104. The van der Waals surface area contributed by atoms with Gasteiger partial charge in [0.2, 0.25) is 0 Å². The third-order valence-electron chi connectivity index (χ3n) is 6.13. The molecular weight excluding hydrogens is 425 g/mol. The fraction of sp³-hybridized carbons (Fsp3) is 0.391. The molecule has 1 spiro atoms. The van der Waals surface area contributed by atoms with Crippen molar-refractivity contribution in [2.24, 2.45) is 5.41 Å². The maximum Gasteiger partial charge on any atom is 0.433 e. The molecule has 0 radical (unpaired) electrons. The second kappa shape index (κ2) is 7.51. The summed E-state index contributed by atoms with van der Waals surface area (Å²) < 4.78 is 56.1. The van der Waals surface area contributed by atoms with E-state index < -0.39 is 11.9 Å². The van der Waals surface area contributed by atoms with Crippen LogP contribution in [0.5, 0.6) is 5.75 Å². The number of nitrogens with zero attached hydrogens (tertiary/aromatic N) is 1. The van der Waals surface area contributed by atoms with Crippen LogP contribution >= 0.6 is 0 Å². The summed E-state index contributed by atoms with van der Waals surface area (Å²) in [5.74, 6) is 0.575. The van der Waals surface area contributed by atoms with Crippen LogP contribution < -0.4 is 10.1 Å². The van der Waals surface area contributed by atoms with Gasteiger partial charge in [0.05, 0.1) is 18.8 Å². The molecule has 5 rings (SSSR count). The molecule has 3 aromatic rings. The number of aromatic nitrogens is 1. The van der Waals surface area contributed by atoms with Crippen LogP contribution in [-0.4, -0.2) is 30.1 Å². The van der Waals surface area contributed by atoms with Crippen LogP contribution in [0.2, 0.25) is 0 Å². The first-order chi connectivity index (χ1) is 15.2. The van der Waals surface area contributed by atoms with E-state index in [4.69, 9.17) is 13.9 Å². The van der Waals surface area contributed by atoms with Crippen LogP contribution in [0.15, 0.2) is 40.9 Å². The third kappa shape index (κ3) is 3.70. The molecule has 32 heavy (non-hydrogen) atoms. The van der Waals surface area contributed by atoms with Crippen molar-refractivity contribution in [3.8, 4) is 5.75 Å². The number of furan rings is 1. The molecule has 2 fully saturated rings. The maximum atomic E-state index is 13.2. The number of amides is 1. The summed E-state index contributed by atoms with van der Waals surface area (Å²) in [4.78, 5) is 16.4. The number of benzene rings is 1. The number of ether oxygens (including phenoxy) is 2. The molecular formula is C23H21F3N2O4. The molecule has 168 valence electrons. The average Bonchev–Trinajstić information content (AvgIpc) is 3.01. The third-order valence-corrected chi connectivity index (χ3v) is 6.13. The second-order valence-corrected chi connectivity index (χ2v) is 8.56. The highest BCUT2D eigenvalue weighted by atomic mass is 19.4. The van der Waals surface area contributed by atoms with Crippen LogP contribution in [-0.2, 0) is 17.5 Å². The van der Waals surface area contributed by atoms with E-state index in [0.717, 1.165) is 32.3 Å². The van der Waals surface area contributed by atoms with Crippen LogP contribution in [0.3, 0.4) is 0 Å². The van der Waals surface area contributed by atoms with E-state index in [2.05, 4.69) is 10.3 Å². The Kier molecular flexibility index (Phi) is 4.88. The molecule has 0 bridgehead atoms. The van der Waals surface area contributed by atoms with Gasteiger partial charge >= 0.3 is 6.18 Å². The number of aryl methyl sites for hydroxylation is 1. The molecule has 1 aliphatic heterocycles. The van der Waals surface area contributed by atoms with E-state index in [1.54, 1.807) is 25.1 Å². The number of nitrogens with one attached hydrogen (secondary N) is 1. The Morgan fingerprint density at radius 2 is 2.06 bits per heavy atom. The average molecular weight is 446 g/mol. The van der Waals surface area contributed by atoms with Gasteiger partial charge in [-0.3, -0.25) is 9.78 Å². The highest BCUT2D eigenvalue weighted by Gasteiger charge is 2.50. The number of fused-ring (bicyclic) bond motifs is 1.